The highest BCUT2D eigenvalue weighted by atomic mass is 32.1. The maximum atomic E-state index is 12.7. The van der Waals surface area contributed by atoms with Gasteiger partial charge >= 0.3 is 0 Å². The number of fused-ring (bicyclic) bond motifs is 1. The molecule has 6 heteroatoms. The van der Waals surface area contributed by atoms with Crippen LogP contribution in [0.15, 0.2) is 29.1 Å². The minimum atomic E-state index is -0.0360. The van der Waals surface area contributed by atoms with E-state index in [0.29, 0.717) is 24.9 Å². The summed E-state index contributed by atoms with van der Waals surface area (Å²) in [6.07, 6.45) is 2.03. The van der Waals surface area contributed by atoms with Gasteiger partial charge in [0.25, 0.3) is 5.56 Å². The third kappa shape index (κ3) is 4.50. The van der Waals surface area contributed by atoms with Gasteiger partial charge in [-0.2, -0.15) is 0 Å². The maximum absolute atomic E-state index is 12.7. The van der Waals surface area contributed by atoms with Gasteiger partial charge in [-0.1, -0.05) is 20.3 Å². The van der Waals surface area contributed by atoms with E-state index in [9.17, 15) is 4.79 Å². The van der Waals surface area contributed by atoms with Crippen molar-refractivity contribution in [3.8, 4) is 5.75 Å². The fourth-order valence-corrected chi connectivity index (χ4v) is 4.14. The highest BCUT2D eigenvalue weighted by Gasteiger charge is 2.16. The lowest BCUT2D eigenvalue weighted by molar-refractivity contribution is 0.340. The van der Waals surface area contributed by atoms with Crippen molar-refractivity contribution in [3.05, 3.63) is 50.9 Å². The summed E-state index contributed by atoms with van der Waals surface area (Å²) in [5.41, 5.74) is 2.08. The molecule has 0 bridgehead atoms. The number of benzene rings is 1. The summed E-state index contributed by atoms with van der Waals surface area (Å²) in [4.78, 5) is 22.4. The quantitative estimate of drug-likeness (QED) is 0.579. The molecule has 0 aliphatic rings. The first kappa shape index (κ1) is 19.4. The second kappa shape index (κ2) is 8.57. The Morgan fingerprint density at radius 2 is 2.00 bits per heavy atom. The topological polar surface area (TPSA) is 67.0 Å². The number of anilines is 1. The largest absolute Gasteiger partial charge is 0.494 e. The predicted molar refractivity (Wildman–Crippen MR) is 113 cm³/mol. The Morgan fingerprint density at radius 3 is 2.67 bits per heavy atom. The van der Waals surface area contributed by atoms with Crippen LogP contribution < -0.4 is 15.6 Å². The SMILES string of the molecule is CCOc1ccc(NCc2nc3sc(C)c(C[C@H](C)CC)c3c(=O)[nH]2)cc1. The number of nitrogens with zero attached hydrogens (tertiary/aromatic N) is 1. The summed E-state index contributed by atoms with van der Waals surface area (Å²) >= 11 is 1.61. The first-order chi connectivity index (χ1) is 13.0. The van der Waals surface area contributed by atoms with Gasteiger partial charge < -0.3 is 15.0 Å². The van der Waals surface area contributed by atoms with Crippen LogP contribution in [0.5, 0.6) is 5.75 Å². The molecule has 1 aromatic carbocycles. The minimum absolute atomic E-state index is 0.0360. The van der Waals surface area contributed by atoms with Gasteiger partial charge in [0.15, 0.2) is 0 Å². The zero-order valence-corrected chi connectivity index (χ0v) is 17.2. The van der Waals surface area contributed by atoms with Crippen molar-refractivity contribution in [3.63, 3.8) is 0 Å². The van der Waals surface area contributed by atoms with E-state index in [2.05, 4.69) is 36.1 Å². The summed E-state index contributed by atoms with van der Waals surface area (Å²) in [5.74, 6) is 2.05. The number of aromatic nitrogens is 2. The van der Waals surface area contributed by atoms with Crippen molar-refractivity contribution in [2.75, 3.05) is 11.9 Å². The van der Waals surface area contributed by atoms with Crippen LogP contribution in [-0.2, 0) is 13.0 Å². The van der Waals surface area contributed by atoms with Crippen molar-refractivity contribution in [1.29, 1.82) is 0 Å². The van der Waals surface area contributed by atoms with Crippen LogP contribution >= 0.6 is 11.3 Å². The molecule has 0 radical (unpaired) electrons. The van der Waals surface area contributed by atoms with Gasteiger partial charge in [-0.05, 0) is 56.0 Å². The normalized spacial score (nSPS) is 12.3. The van der Waals surface area contributed by atoms with Crippen LogP contribution in [0.25, 0.3) is 10.2 Å². The number of nitrogens with one attached hydrogen (secondary N) is 2. The molecule has 2 N–H and O–H groups in total. The Morgan fingerprint density at radius 1 is 1.26 bits per heavy atom. The van der Waals surface area contributed by atoms with Gasteiger partial charge in [0, 0.05) is 10.6 Å². The number of rotatable bonds is 8. The summed E-state index contributed by atoms with van der Waals surface area (Å²) in [7, 11) is 0. The van der Waals surface area contributed by atoms with Gasteiger partial charge in [-0.3, -0.25) is 4.79 Å². The predicted octanol–water partition coefficient (Wildman–Crippen LogP) is 4.89. The molecule has 2 heterocycles. The smallest absolute Gasteiger partial charge is 0.259 e. The molecule has 1 atom stereocenters. The Hall–Kier alpha value is -2.34. The molecule has 2 aromatic heterocycles. The van der Waals surface area contributed by atoms with E-state index in [4.69, 9.17) is 4.74 Å². The summed E-state index contributed by atoms with van der Waals surface area (Å²) in [6.45, 7) is 9.57. The van der Waals surface area contributed by atoms with Gasteiger partial charge in [0.1, 0.15) is 16.4 Å². The van der Waals surface area contributed by atoms with Crippen molar-refractivity contribution in [1.82, 2.24) is 9.97 Å². The molecule has 0 saturated heterocycles. The van der Waals surface area contributed by atoms with Gasteiger partial charge in [0.2, 0.25) is 0 Å². The van der Waals surface area contributed by atoms with Gasteiger partial charge in [-0.15, -0.1) is 11.3 Å². The number of hydrogen-bond acceptors (Lipinski definition) is 5. The summed E-state index contributed by atoms with van der Waals surface area (Å²) in [6, 6.07) is 7.77. The maximum Gasteiger partial charge on any atom is 0.259 e. The van der Waals surface area contributed by atoms with E-state index in [0.717, 1.165) is 40.1 Å². The molecular weight excluding hydrogens is 358 g/mol. The third-order valence-corrected chi connectivity index (χ3v) is 5.83. The van der Waals surface area contributed by atoms with Crippen LogP contribution in [0.4, 0.5) is 5.69 Å². The monoisotopic (exact) mass is 385 g/mol. The highest BCUT2D eigenvalue weighted by Crippen LogP contribution is 2.29. The molecule has 0 aliphatic carbocycles. The molecular formula is C21H27N3O2S. The lowest BCUT2D eigenvalue weighted by Gasteiger charge is -2.09. The van der Waals surface area contributed by atoms with Crippen LogP contribution in [0.1, 0.15) is 43.5 Å². The fraction of sp³-hybridized carbons (Fsp3) is 0.429. The standard InChI is InChI=1S/C21H27N3O2S/c1-5-13(3)11-17-14(4)27-21-19(17)20(25)23-18(24-21)12-22-15-7-9-16(10-8-15)26-6-2/h7-10,13,22H,5-6,11-12H2,1-4H3,(H,23,24,25)/t13-/m1/s1. The summed E-state index contributed by atoms with van der Waals surface area (Å²) in [5, 5.41) is 4.07. The van der Waals surface area contributed by atoms with Crippen molar-refractivity contribution in [2.24, 2.45) is 5.92 Å². The number of aryl methyl sites for hydroxylation is 1. The van der Waals surface area contributed by atoms with E-state index in [-0.39, 0.29) is 5.56 Å². The number of H-pyrrole nitrogens is 1. The highest BCUT2D eigenvalue weighted by molar-refractivity contribution is 7.18. The Balaban J connectivity index is 1.79. The van der Waals surface area contributed by atoms with Crippen molar-refractivity contribution >= 4 is 27.2 Å². The number of aromatic amines is 1. The molecule has 0 amide bonds. The van der Waals surface area contributed by atoms with Crippen molar-refractivity contribution < 1.29 is 4.74 Å². The second-order valence-corrected chi connectivity index (χ2v) is 8.06. The van der Waals surface area contributed by atoms with Crippen LogP contribution in [-0.4, -0.2) is 16.6 Å². The molecule has 3 aromatic rings. The molecule has 5 nitrogen and oxygen atoms in total. The van der Waals surface area contributed by atoms with E-state index in [1.54, 1.807) is 11.3 Å². The van der Waals surface area contributed by atoms with Crippen LogP contribution in [0, 0.1) is 12.8 Å². The molecule has 0 spiro atoms. The zero-order valence-electron chi connectivity index (χ0n) is 16.4. The van der Waals surface area contributed by atoms with Gasteiger partial charge in [-0.25, -0.2) is 4.98 Å². The lowest BCUT2D eigenvalue weighted by Crippen LogP contribution is -2.15. The number of ether oxygens (including phenoxy) is 1. The molecule has 27 heavy (non-hydrogen) atoms. The van der Waals surface area contributed by atoms with Crippen LogP contribution in [0.3, 0.4) is 0 Å². The molecule has 3 rings (SSSR count). The van der Waals surface area contributed by atoms with E-state index < -0.39 is 0 Å². The number of thiophene rings is 1. The van der Waals surface area contributed by atoms with Crippen molar-refractivity contribution in [2.45, 2.75) is 47.1 Å². The van der Waals surface area contributed by atoms with Gasteiger partial charge in [0.05, 0.1) is 18.5 Å². The molecule has 0 saturated carbocycles. The second-order valence-electron chi connectivity index (χ2n) is 6.86. The molecule has 0 aliphatic heterocycles. The average Bonchev–Trinajstić information content (AvgIpc) is 2.97. The zero-order chi connectivity index (χ0) is 19.4. The first-order valence-corrected chi connectivity index (χ1v) is 10.3. The average molecular weight is 386 g/mol. The summed E-state index contributed by atoms with van der Waals surface area (Å²) < 4.78 is 5.45. The van der Waals surface area contributed by atoms with E-state index >= 15 is 0 Å². The lowest BCUT2D eigenvalue weighted by atomic mass is 9.98. The molecule has 0 unspecified atom stereocenters. The van der Waals surface area contributed by atoms with Crippen LogP contribution in [0.2, 0.25) is 0 Å². The first-order valence-electron chi connectivity index (χ1n) is 9.49. The fourth-order valence-electron chi connectivity index (χ4n) is 3.06. The molecule has 0 fully saturated rings. The Kier molecular flexibility index (Phi) is 6.16. The minimum Gasteiger partial charge on any atom is -0.494 e. The Labute approximate surface area is 163 Å². The van der Waals surface area contributed by atoms with E-state index in [1.165, 1.54) is 4.88 Å². The number of hydrogen-bond donors (Lipinski definition) is 2. The Bertz CT molecular complexity index is 960. The third-order valence-electron chi connectivity index (χ3n) is 4.79. The van der Waals surface area contributed by atoms with E-state index in [1.807, 2.05) is 31.2 Å². The molecule has 144 valence electrons.